The zero-order chi connectivity index (χ0) is 31.3. The van der Waals surface area contributed by atoms with Crippen molar-refractivity contribution in [3.63, 3.8) is 0 Å². The number of aryl methyl sites for hydroxylation is 1. The van der Waals surface area contributed by atoms with Crippen LogP contribution in [0.5, 0.6) is 0 Å². The number of pyridine rings is 1. The molecule has 0 N–H and O–H groups in total. The van der Waals surface area contributed by atoms with Crippen LogP contribution >= 0.6 is 0 Å². The molecule has 7 nitrogen and oxygen atoms in total. The second-order valence-corrected chi connectivity index (χ2v) is 12.9. The molecular formula is C37H46N4O3. The summed E-state index contributed by atoms with van der Waals surface area (Å²) in [7, 11) is 0. The van der Waals surface area contributed by atoms with Crippen molar-refractivity contribution < 1.29 is 14.3 Å². The molecule has 1 amide bonds. The van der Waals surface area contributed by atoms with Gasteiger partial charge in [0.05, 0.1) is 12.1 Å². The highest BCUT2D eigenvalue weighted by molar-refractivity contribution is 5.97. The summed E-state index contributed by atoms with van der Waals surface area (Å²) in [6, 6.07) is 19.9. The number of amides is 1. The number of rotatable bonds is 10. The van der Waals surface area contributed by atoms with Crippen molar-refractivity contribution in [1.82, 2.24) is 14.5 Å². The zero-order valence-electron chi connectivity index (χ0n) is 26.9. The van der Waals surface area contributed by atoms with Crippen molar-refractivity contribution >= 4 is 28.9 Å². The lowest BCUT2D eigenvalue weighted by Gasteiger charge is -2.27. The predicted molar refractivity (Wildman–Crippen MR) is 177 cm³/mol. The molecule has 0 atom stereocenters. The Morgan fingerprint density at radius 3 is 2.34 bits per heavy atom. The Balaban J connectivity index is 1.45. The smallest absolute Gasteiger partial charge is 0.339 e. The van der Waals surface area contributed by atoms with Crippen LogP contribution in [0.25, 0.3) is 22.3 Å². The molecule has 4 aromatic rings. The molecule has 0 spiro atoms. The van der Waals surface area contributed by atoms with Gasteiger partial charge < -0.3 is 9.30 Å². The van der Waals surface area contributed by atoms with Crippen molar-refractivity contribution in [2.45, 2.75) is 98.1 Å². The third-order valence-corrected chi connectivity index (χ3v) is 8.38. The molecule has 1 aliphatic carbocycles. The highest BCUT2D eigenvalue weighted by Crippen LogP contribution is 2.30. The minimum Gasteiger partial charge on any atom is -0.456 e. The van der Waals surface area contributed by atoms with E-state index in [0.717, 1.165) is 78.6 Å². The molecule has 0 saturated heterocycles. The first-order valence-electron chi connectivity index (χ1n) is 16.3. The van der Waals surface area contributed by atoms with E-state index in [4.69, 9.17) is 14.7 Å². The summed E-state index contributed by atoms with van der Waals surface area (Å²) in [4.78, 5) is 38.4. The van der Waals surface area contributed by atoms with E-state index in [9.17, 15) is 9.59 Å². The second kappa shape index (κ2) is 13.7. The molecule has 0 aliphatic heterocycles. The number of fused-ring (bicyclic) bond motifs is 1. The molecule has 2 heterocycles. The number of carbonyl (C=O) groups excluding carboxylic acids is 2. The molecule has 0 radical (unpaired) electrons. The molecule has 2 aromatic heterocycles. The lowest BCUT2D eigenvalue weighted by Crippen LogP contribution is -2.37. The van der Waals surface area contributed by atoms with E-state index < -0.39 is 5.60 Å². The Hall–Kier alpha value is -4.00. The Morgan fingerprint density at radius 2 is 1.66 bits per heavy atom. The van der Waals surface area contributed by atoms with Crippen molar-refractivity contribution in [2.75, 3.05) is 11.4 Å². The minimum atomic E-state index is -0.567. The number of hydrogen-bond donors (Lipinski definition) is 0. The highest BCUT2D eigenvalue weighted by Gasteiger charge is 2.27. The van der Waals surface area contributed by atoms with E-state index in [-0.39, 0.29) is 17.8 Å². The summed E-state index contributed by atoms with van der Waals surface area (Å²) >= 11 is 0. The summed E-state index contributed by atoms with van der Waals surface area (Å²) in [6.07, 6.45) is 8.38. The fourth-order valence-electron chi connectivity index (χ4n) is 6.10. The molecule has 44 heavy (non-hydrogen) atoms. The SMILES string of the molecule is CCCCc1nc2ccc(N(CC)C(=O)C3CCCCC3)nc2n1Cc1ccc(-c2ccccc2C(=O)OC(C)(C)C)cc1. The van der Waals surface area contributed by atoms with Crippen molar-refractivity contribution in [3.05, 3.63) is 77.6 Å². The Labute approximate surface area is 261 Å². The van der Waals surface area contributed by atoms with E-state index in [1.807, 2.05) is 69.0 Å². The summed E-state index contributed by atoms with van der Waals surface area (Å²) in [6.45, 7) is 11.1. The van der Waals surface area contributed by atoms with Gasteiger partial charge in [-0.1, -0.05) is 75.1 Å². The summed E-state index contributed by atoms with van der Waals surface area (Å²) in [5, 5.41) is 0. The number of aromatic nitrogens is 3. The molecule has 7 heteroatoms. The van der Waals surface area contributed by atoms with Crippen molar-refractivity contribution in [2.24, 2.45) is 5.92 Å². The maximum Gasteiger partial charge on any atom is 0.339 e. The van der Waals surface area contributed by atoms with E-state index in [0.29, 0.717) is 24.5 Å². The molecular weight excluding hydrogens is 548 g/mol. The Morgan fingerprint density at radius 1 is 0.932 bits per heavy atom. The first-order valence-corrected chi connectivity index (χ1v) is 16.3. The Kier molecular flexibility index (Phi) is 9.82. The maximum absolute atomic E-state index is 13.5. The topological polar surface area (TPSA) is 77.3 Å². The van der Waals surface area contributed by atoms with Crippen LogP contribution in [-0.2, 0) is 22.5 Å². The molecule has 2 aromatic carbocycles. The van der Waals surface area contributed by atoms with E-state index in [1.54, 1.807) is 0 Å². The molecule has 0 unspecified atom stereocenters. The van der Waals surface area contributed by atoms with Crippen LogP contribution in [0.3, 0.4) is 0 Å². The predicted octanol–water partition coefficient (Wildman–Crippen LogP) is 8.38. The number of ether oxygens (including phenoxy) is 1. The fourth-order valence-corrected chi connectivity index (χ4v) is 6.10. The van der Waals surface area contributed by atoms with Gasteiger partial charge in [0.15, 0.2) is 5.65 Å². The number of benzene rings is 2. The first-order chi connectivity index (χ1) is 21.2. The monoisotopic (exact) mass is 594 g/mol. The minimum absolute atomic E-state index is 0.0881. The van der Waals surface area contributed by atoms with Crippen LogP contribution in [0.1, 0.15) is 101 Å². The average molecular weight is 595 g/mol. The zero-order valence-corrected chi connectivity index (χ0v) is 26.9. The number of imidazole rings is 1. The van der Waals surface area contributed by atoms with E-state index in [2.05, 4.69) is 35.8 Å². The first kappa shape index (κ1) is 31.4. The van der Waals surface area contributed by atoms with Crippen LogP contribution in [0.4, 0.5) is 5.82 Å². The van der Waals surface area contributed by atoms with Crippen LogP contribution in [-0.4, -0.2) is 38.6 Å². The quantitative estimate of drug-likeness (QED) is 0.172. The number of esters is 1. The van der Waals surface area contributed by atoms with E-state index >= 15 is 0 Å². The van der Waals surface area contributed by atoms with Crippen LogP contribution in [0.2, 0.25) is 0 Å². The lowest BCUT2D eigenvalue weighted by molar-refractivity contribution is -0.123. The molecule has 0 bridgehead atoms. The molecule has 1 saturated carbocycles. The van der Waals surface area contributed by atoms with Gasteiger partial charge in [0.2, 0.25) is 5.91 Å². The molecule has 1 fully saturated rings. The number of anilines is 1. The largest absolute Gasteiger partial charge is 0.456 e. The van der Waals surface area contributed by atoms with Crippen molar-refractivity contribution in [1.29, 1.82) is 0 Å². The van der Waals surface area contributed by atoms with E-state index in [1.165, 1.54) is 6.42 Å². The van der Waals surface area contributed by atoms with Crippen molar-refractivity contribution in [3.8, 4) is 11.1 Å². The molecule has 5 rings (SSSR count). The lowest BCUT2D eigenvalue weighted by atomic mass is 9.88. The average Bonchev–Trinajstić information content (AvgIpc) is 3.36. The summed E-state index contributed by atoms with van der Waals surface area (Å²) in [5.74, 6) is 1.66. The van der Waals surface area contributed by atoms with Gasteiger partial charge in [-0.25, -0.2) is 14.8 Å². The van der Waals surface area contributed by atoms with Gasteiger partial charge in [-0.2, -0.15) is 0 Å². The molecule has 1 aliphatic rings. The molecule has 232 valence electrons. The number of hydrogen-bond acceptors (Lipinski definition) is 5. The number of carbonyl (C=O) groups is 2. The van der Waals surface area contributed by atoms with Crippen LogP contribution in [0.15, 0.2) is 60.7 Å². The van der Waals surface area contributed by atoms with Gasteiger partial charge in [-0.15, -0.1) is 0 Å². The third kappa shape index (κ3) is 7.20. The number of unbranched alkanes of at least 4 members (excludes halogenated alkanes) is 1. The summed E-state index contributed by atoms with van der Waals surface area (Å²) in [5.41, 5.74) is 4.56. The Bertz CT molecular complexity index is 1590. The van der Waals surface area contributed by atoms with Gasteiger partial charge >= 0.3 is 5.97 Å². The summed E-state index contributed by atoms with van der Waals surface area (Å²) < 4.78 is 7.87. The fraction of sp³-hybridized carbons (Fsp3) is 0.459. The van der Waals surface area contributed by atoms with Gasteiger partial charge in [-0.3, -0.25) is 9.69 Å². The van der Waals surface area contributed by atoms with Gasteiger partial charge in [0, 0.05) is 18.9 Å². The van der Waals surface area contributed by atoms with Gasteiger partial charge in [0.25, 0.3) is 0 Å². The van der Waals surface area contributed by atoms with Crippen LogP contribution < -0.4 is 4.90 Å². The number of nitrogens with zero attached hydrogens (tertiary/aromatic N) is 4. The maximum atomic E-state index is 13.5. The normalized spacial score (nSPS) is 14.1. The van der Waals surface area contributed by atoms with Crippen LogP contribution in [0, 0.1) is 5.92 Å². The van der Waals surface area contributed by atoms with Gasteiger partial charge in [0.1, 0.15) is 22.8 Å². The third-order valence-electron chi connectivity index (χ3n) is 8.38. The van der Waals surface area contributed by atoms with Gasteiger partial charge in [-0.05, 0) is 81.8 Å². The standard InChI is InChI=1S/C37H46N4O3/c1-6-8-18-32-38-31-23-24-33(40(7-2)35(42)28-14-10-9-11-15-28)39-34(31)41(32)25-26-19-21-27(22-20-26)29-16-12-13-17-30(29)36(43)44-37(3,4)5/h12-13,16-17,19-24,28H,6-11,14-15,18,25H2,1-5H3. The highest BCUT2D eigenvalue weighted by atomic mass is 16.6. The second-order valence-electron chi connectivity index (χ2n) is 12.9.